The minimum atomic E-state index is -0.262. The van der Waals surface area contributed by atoms with Crippen LogP contribution in [0, 0.1) is 17.2 Å². The maximum Gasteiger partial charge on any atom is 0.125 e. The number of alkyl halides is 1. The lowest BCUT2D eigenvalue weighted by Gasteiger charge is -2.28. The van der Waals surface area contributed by atoms with Crippen LogP contribution in [0.2, 0.25) is 0 Å². The Morgan fingerprint density at radius 1 is 1.37 bits per heavy atom. The van der Waals surface area contributed by atoms with Gasteiger partial charge >= 0.3 is 0 Å². The Morgan fingerprint density at radius 2 is 2.05 bits per heavy atom. The lowest BCUT2D eigenvalue weighted by Crippen LogP contribution is -2.23. The number of fused-ring (bicyclic) bond motifs is 1. The van der Waals surface area contributed by atoms with Crippen LogP contribution in [0.1, 0.15) is 33.5 Å². The van der Waals surface area contributed by atoms with Gasteiger partial charge in [-0.3, -0.25) is 0 Å². The summed E-state index contributed by atoms with van der Waals surface area (Å²) in [6.07, 6.45) is 0. The summed E-state index contributed by atoms with van der Waals surface area (Å²) in [5.41, 5.74) is 1.84. The van der Waals surface area contributed by atoms with Crippen molar-refractivity contribution in [2.75, 3.05) is 0 Å². The van der Waals surface area contributed by atoms with Crippen LogP contribution in [0.3, 0.4) is 0 Å². The summed E-state index contributed by atoms with van der Waals surface area (Å²) < 4.78 is 15.4. The molecule has 2 rings (SSSR count). The van der Waals surface area contributed by atoms with Gasteiger partial charge in [0.2, 0.25) is 0 Å². The molecule has 0 amide bonds. The van der Waals surface area contributed by atoms with Gasteiger partial charge in [0.1, 0.15) is 11.6 Å². The number of imidazole rings is 1. The molecule has 0 bridgehead atoms. The van der Waals surface area contributed by atoms with Crippen LogP contribution in [0.25, 0.3) is 11.0 Å². The molecular weight excluding hydrogens is 263 g/mol. The van der Waals surface area contributed by atoms with E-state index < -0.39 is 0 Å². The third-order valence-corrected chi connectivity index (χ3v) is 4.08. The molecule has 0 aliphatic rings. The summed E-state index contributed by atoms with van der Waals surface area (Å²) in [7, 11) is 0. The zero-order valence-electron chi connectivity index (χ0n) is 11.9. The van der Waals surface area contributed by atoms with Gasteiger partial charge in [0.25, 0.3) is 0 Å². The number of nitrogens with zero attached hydrogens (tertiary/aromatic N) is 2. The third-order valence-electron chi connectivity index (χ3n) is 3.84. The largest absolute Gasteiger partial charge is 0.327 e. The van der Waals surface area contributed by atoms with Crippen molar-refractivity contribution in [3.05, 3.63) is 29.8 Å². The molecule has 1 aromatic heterocycles. The molecule has 1 unspecified atom stereocenters. The van der Waals surface area contributed by atoms with E-state index in [-0.39, 0.29) is 11.2 Å². The van der Waals surface area contributed by atoms with Crippen molar-refractivity contribution < 1.29 is 4.39 Å². The van der Waals surface area contributed by atoms with Crippen molar-refractivity contribution in [3.8, 4) is 0 Å². The highest BCUT2D eigenvalue weighted by Gasteiger charge is 2.22. The fourth-order valence-electron chi connectivity index (χ4n) is 2.01. The van der Waals surface area contributed by atoms with E-state index in [9.17, 15) is 4.39 Å². The predicted molar refractivity (Wildman–Crippen MR) is 77.9 cm³/mol. The molecule has 0 fully saturated rings. The van der Waals surface area contributed by atoms with Gasteiger partial charge in [-0.25, -0.2) is 9.37 Å². The molecule has 0 aliphatic carbocycles. The maximum absolute atomic E-state index is 13.3. The van der Waals surface area contributed by atoms with Gasteiger partial charge in [-0.15, -0.1) is 11.6 Å². The maximum atomic E-state index is 13.3. The Kier molecular flexibility index (Phi) is 3.86. The first-order valence-electron chi connectivity index (χ1n) is 6.53. The van der Waals surface area contributed by atoms with E-state index in [4.69, 9.17) is 11.6 Å². The third kappa shape index (κ3) is 2.92. The van der Waals surface area contributed by atoms with Crippen LogP contribution < -0.4 is 0 Å². The minimum absolute atomic E-state index is 0.209. The fraction of sp³-hybridized carbons (Fsp3) is 0.533. The first kappa shape index (κ1) is 14.3. The van der Waals surface area contributed by atoms with Gasteiger partial charge in [0.15, 0.2) is 0 Å². The molecule has 1 atom stereocenters. The first-order valence-corrected chi connectivity index (χ1v) is 7.07. The van der Waals surface area contributed by atoms with Gasteiger partial charge in [-0.2, -0.15) is 0 Å². The molecule has 1 heterocycles. The molecular formula is C15H20ClFN2. The summed E-state index contributed by atoms with van der Waals surface area (Å²) >= 11 is 5.96. The van der Waals surface area contributed by atoms with Gasteiger partial charge in [-0.1, -0.05) is 27.7 Å². The number of hydrogen-bond acceptors (Lipinski definition) is 1. The van der Waals surface area contributed by atoms with Crippen molar-refractivity contribution >= 4 is 22.6 Å². The minimum Gasteiger partial charge on any atom is -0.327 e. The highest BCUT2D eigenvalue weighted by molar-refractivity contribution is 6.16. The Morgan fingerprint density at radius 3 is 2.63 bits per heavy atom. The van der Waals surface area contributed by atoms with E-state index in [1.54, 1.807) is 6.07 Å². The standard InChI is InChI=1S/C15H20ClFN2/c1-10(15(2,3)4)9-19-13-6-5-11(17)7-12(13)18-14(19)8-16/h5-7,10H,8-9H2,1-4H3. The summed E-state index contributed by atoms with van der Waals surface area (Å²) in [6.45, 7) is 9.71. The smallest absolute Gasteiger partial charge is 0.125 e. The van der Waals surface area contributed by atoms with Crippen LogP contribution >= 0.6 is 11.6 Å². The number of halogens is 2. The molecule has 0 aliphatic heterocycles. The number of aromatic nitrogens is 2. The average Bonchev–Trinajstić information content (AvgIpc) is 2.65. The summed E-state index contributed by atoms with van der Waals surface area (Å²) in [5, 5.41) is 0. The van der Waals surface area contributed by atoms with Crippen LogP contribution in [0.4, 0.5) is 4.39 Å². The Bertz CT molecular complexity index is 584. The Labute approximate surface area is 118 Å². The zero-order chi connectivity index (χ0) is 14.2. The van der Waals surface area contributed by atoms with Gasteiger partial charge in [0.05, 0.1) is 16.9 Å². The average molecular weight is 283 g/mol. The molecule has 0 radical (unpaired) electrons. The molecule has 104 valence electrons. The van der Waals surface area contributed by atoms with E-state index in [2.05, 4.69) is 37.2 Å². The van der Waals surface area contributed by atoms with E-state index in [1.807, 2.05) is 0 Å². The van der Waals surface area contributed by atoms with Gasteiger partial charge in [-0.05, 0) is 23.5 Å². The summed E-state index contributed by atoms with van der Waals surface area (Å²) in [5.74, 6) is 1.35. The fourth-order valence-corrected chi connectivity index (χ4v) is 2.21. The summed E-state index contributed by atoms with van der Waals surface area (Å²) in [6, 6.07) is 4.72. The van der Waals surface area contributed by atoms with Gasteiger partial charge in [0, 0.05) is 12.6 Å². The quantitative estimate of drug-likeness (QED) is 0.753. The normalized spacial score (nSPS) is 14.0. The highest BCUT2D eigenvalue weighted by atomic mass is 35.5. The van der Waals surface area contributed by atoms with Crippen molar-refractivity contribution in [3.63, 3.8) is 0 Å². The lowest BCUT2D eigenvalue weighted by atomic mass is 9.82. The highest BCUT2D eigenvalue weighted by Crippen LogP contribution is 2.29. The van der Waals surface area contributed by atoms with Crippen molar-refractivity contribution in [1.29, 1.82) is 0 Å². The molecule has 0 saturated heterocycles. The second-order valence-electron chi connectivity index (χ2n) is 6.17. The predicted octanol–water partition coefficient (Wildman–Crippen LogP) is 4.60. The van der Waals surface area contributed by atoms with Crippen molar-refractivity contribution in [2.45, 2.75) is 40.1 Å². The van der Waals surface area contributed by atoms with E-state index in [1.165, 1.54) is 12.1 Å². The van der Waals surface area contributed by atoms with Crippen LogP contribution in [-0.2, 0) is 12.4 Å². The molecule has 0 saturated carbocycles. The molecule has 2 nitrogen and oxygen atoms in total. The molecule has 19 heavy (non-hydrogen) atoms. The van der Waals surface area contributed by atoms with Crippen LogP contribution in [0.15, 0.2) is 18.2 Å². The second kappa shape index (κ2) is 5.12. The van der Waals surface area contributed by atoms with Crippen LogP contribution in [0.5, 0.6) is 0 Å². The number of benzene rings is 1. The Balaban J connectivity index is 2.46. The van der Waals surface area contributed by atoms with Crippen molar-refractivity contribution in [2.24, 2.45) is 11.3 Å². The lowest BCUT2D eigenvalue weighted by molar-refractivity contribution is 0.233. The van der Waals surface area contributed by atoms with Crippen LogP contribution in [-0.4, -0.2) is 9.55 Å². The monoisotopic (exact) mass is 282 g/mol. The molecule has 1 aromatic carbocycles. The second-order valence-corrected chi connectivity index (χ2v) is 6.44. The number of rotatable bonds is 3. The summed E-state index contributed by atoms with van der Waals surface area (Å²) in [4.78, 5) is 4.42. The zero-order valence-corrected chi connectivity index (χ0v) is 12.6. The molecule has 0 N–H and O–H groups in total. The topological polar surface area (TPSA) is 17.8 Å². The Hall–Kier alpha value is -1.09. The molecule has 0 spiro atoms. The van der Waals surface area contributed by atoms with E-state index in [0.29, 0.717) is 17.3 Å². The van der Waals surface area contributed by atoms with E-state index >= 15 is 0 Å². The number of hydrogen-bond donors (Lipinski definition) is 0. The van der Waals surface area contributed by atoms with Crippen molar-refractivity contribution in [1.82, 2.24) is 9.55 Å². The van der Waals surface area contributed by atoms with E-state index in [0.717, 1.165) is 17.9 Å². The molecule has 4 heteroatoms. The molecule has 2 aromatic rings. The van der Waals surface area contributed by atoms with Gasteiger partial charge < -0.3 is 4.57 Å². The first-order chi connectivity index (χ1) is 8.82. The SMILES string of the molecule is CC(Cn1c(CCl)nc2cc(F)ccc21)C(C)(C)C.